The van der Waals surface area contributed by atoms with Crippen LogP contribution in [0.4, 0.5) is 0 Å². The van der Waals surface area contributed by atoms with Gasteiger partial charge in [-0.05, 0) is 29.3 Å². The summed E-state index contributed by atoms with van der Waals surface area (Å²) in [5.41, 5.74) is 2.52. The van der Waals surface area contributed by atoms with E-state index in [0.717, 1.165) is 11.1 Å². The number of hydrogen-bond donors (Lipinski definition) is 1. The van der Waals surface area contributed by atoms with Crippen molar-refractivity contribution < 1.29 is 19.0 Å². The van der Waals surface area contributed by atoms with Crippen LogP contribution in [0.5, 0.6) is 17.2 Å². The highest BCUT2D eigenvalue weighted by molar-refractivity contribution is 5.99. The van der Waals surface area contributed by atoms with Crippen molar-refractivity contribution in [1.29, 1.82) is 0 Å². The van der Waals surface area contributed by atoms with Gasteiger partial charge >= 0.3 is 0 Å². The molecular weight excluding hydrogens is 282 g/mol. The van der Waals surface area contributed by atoms with E-state index >= 15 is 0 Å². The SMILES string of the molecule is COc1cc([C@H]2NC(=O)c3ccccc32)cc(OC)c1OC. The molecule has 1 heterocycles. The van der Waals surface area contributed by atoms with E-state index < -0.39 is 0 Å². The number of carbonyl (C=O) groups is 1. The van der Waals surface area contributed by atoms with Crippen LogP contribution in [-0.4, -0.2) is 27.2 Å². The number of fused-ring (bicyclic) bond motifs is 1. The molecule has 3 rings (SSSR count). The van der Waals surface area contributed by atoms with Gasteiger partial charge in [0, 0.05) is 5.56 Å². The topological polar surface area (TPSA) is 56.8 Å². The first-order chi connectivity index (χ1) is 10.7. The number of hydrogen-bond acceptors (Lipinski definition) is 4. The number of ether oxygens (including phenoxy) is 3. The van der Waals surface area contributed by atoms with Crippen LogP contribution in [0.15, 0.2) is 36.4 Å². The van der Waals surface area contributed by atoms with E-state index in [1.807, 2.05) is 36.4 Å². The lowest BCUT2D eigenvalue weighted by atomic mass is 9.98. The highest BCUT2D eigenvalue weighted by atomic mass is 16.5. The molecule has 0 aliphatic carbocycles. The van der Waals surface area contributed by atoms with Crippen molar-refractivity contribution in [3.05, 3.63) is 53.1 Å². The zero-order valence-corrected chi connectivity index (χ0v) is 12.7. The van der Waals surface area contributed by atoms with E-state index in [4.69, 9.17) is 14.2 Å². The van der Waals surface area contributed by atoms with Crippen LogP contribution in [0.25, 0.3) is 0 Å². The maximum atomic E-state index is 12.1. The summed E-state index contributed by atoms with van der Waals surface area (Å²) < 4.78 is 16.1. The lowest BCUT2D eigenvalue weighted by Crippen LogP contribution is -2.20. The molecule has 0 spiro atoms. The predicted molar refractivity (Wildman–Crippen MR) is 81.8 cm³/mol. The molecule has 22 heavy (non-hydrogen) atoms. The van der Waals surface area contributed by atoms with E-state index in [1.54, 1.807) is 21.3 Å². The maximum Gasteiger partial charge on any atom is 0.252 e. The molecule has 2 aromatic rings. The van der Waals surface area contributed by atoms with E-state index in [9.17, 15) is 4.79 Å². The molecule has 1 atom stereocenters. The molecule has 1 N–H and O–H groups in total. The molecule has 2 aromatic carbocycles. The van der Waals surface area contributed by atoms with Crippen molar-refractivity contribution in [2.24, 2.45) is 0 Å². The molecule has 0 saturated carbocycles. The van der Waals surface area contributed by atoms with Gasteiger partial charge in [-0.1, -0.05) is 18.2 Å². The fourth-order valence-corrected chi connectivity index (χ4v) is 2.77. The fourth-order valence-electron chi connectivity index (χ4n) is 2.77. The summed E-state index contributed by atoms with van der Waals surface area (Å²) >= 11 is 0. The van der Waals surface area contributed by atoms with Gasteiger partial charge < -0.3 is 19.5 Å². The molecule has 5 heteroatoms. The summed E-state index contributed by atoms with van der Waals surface area (Å²) in [6, 6.07) is 11.0. The molecule has 0 radical (unpaired) electrons. The minimum Gasteiger partial charge on any atom is -0.493 e. The quantitative estimate of drug-likeness (QED) is 0.942. The lowest BCUT2D eigenvalue weighted by Gasteiger charge is -2.18. The third kappa shape index (κ3) is 2.15. The molecule has 114 valence electrons. The number of carbonyl (C=O) groups excluding carboxylic acids is 1. The molecule has 1 aliphatic rings. The van der Waals surface area contributed by atoms with Gasteiger partial charge in [0.1, 0.15) is 0 Å². The van der Waals surface area contributed by atoms with Gasteiger partial charge in [-0.3, -0.25) is 4.79 Å². The molecule has 1 aliphatic heterocycles. The first-order valence-electron chi connectivity index (χ1n) is 6.89. The van der Waals surface area contributed by atoms with Gasteiger partial charge in [0.05, 0.1) is 27.4 Å². The first-order valence-corrected chi connectivity index (χ1v) is 6.89. The Morgan fingerprint density at radius 2 is 1.59 bits per heavy atom. The highest BCUT2D eigenvalue weighted by Gasteiger charge is 2.30. The number of nitrogens with one attached hydrogen (secondary N) is 1. The Balaban J connectivity index is 2.12. The van der Waals surface area contributed by atoms with Gasteiger partial charge in [-0.2, -0.15) is 0 Å². The number of amides is 1. The van der Waals surface area contributed by atoms with Crippen molar-refractivity contribution in [1.82, 2.24) is 5.32 Å². The van der Waals surface area contributed by atoms with Crippen LogP contribution < -0.4 is 19.5 Å². The Bertz CT molecular complexity index is 701. The predicted octanol–water partition coefficient (Wildman–Crippen LogP) is 2.55. The van der Waals surface area contributed by atoms with Crippen molar-refractivity contribution in [2.75, 3.05) is 21.3 Å². The molecule has 0 aromatic heterocycles. The van der Waals surface area contributed by atoms with Crippen LogP contribution in [0, 0.1) is 0 Å². The second-order valence-corrected chi connectivity index (χ2v) is 4.95. The Labute approximate surface area is 128 Å². The normalized spacial score (nSPS) is 16.0. The minimum atomic E-state index is -0.225. The van der Waals surface area contributed by atoms with Crippen LogP contribution in [0.3, 0.4) is 0 Å². The Kier molecular flexibility index (Phi) is 3.63. The molecule has 1 amide bonds. The van der Waals surface area contributed by atoms with E-state index in [2.05, 4.69) is 5.32 Å². The van der Waals surface area contributed by atoms with Crippen LogP contribution in [0.1, 0.15) is 27.5 Å². The van der Waals surface area contributed by atoms with E-state index in [1.165, 1.54) is 0 Å². The summed E-state index contributed by atoms with van der Waals surface area (Å²) in [6.45, 7) is 0. The number of benzene rings is 2. The maximum absolute atomic E-state index is 12.1. The number of rotatable bonds is 4. The third-order valence-corrected chi connectivity index (χ3v) is 3.81. The zero-order chi connectivity index (χ0) is 15.7. The van der Waals surface area contributed by atoms with Crippen LogP contribution in [0.2, 0.25) is 0 Å². The minimum absolute atomic E-state index is 0.0747. The molecule has 0 bridgehead atoms. The van der Waals surface area contributed by atoms with Gasteiger partial charge in [0.2, 0.25) is 5.75 Å². The van der Waals surface area contributed by atoms with E-state index in [0.29, 0.717) is 22.8 Å². The van der Waals surface area contributed by atoms with Gasteiger partial charge in [0.25, 0.3) is 5.91 Å². The van der Waals surface area contributed by atoms with Gasteiger partial charge in [-0.25, -0.2) is 0 Å². The fraction of sp³-hybridized carbons (Fsp3) is 0.235. The lowest BCUT2D eigenvalue weighted by molar-refractivity contribution is 0.0960. The summed E-state index contributed by atoms with van der Waals surface area (Å²) in [6.07, 6.45) is 0. The van der Waals surface area contributed by atoms with E-state index in [-0.39, 0.29) is 11.9 Å². The van der Waals surface area contributed by atoms with Crippen LogP contribution >= 0.6 is 0 Å². The monoisotopic (exact) mass is 299 g/mol. The largest absolute Gasteiger partial charge is 0.493 e. The summed E-state index contributed by atoms with van der Waals surface area (Å²) in [5, 5.41) is 2.98. The third-order valence-electron chi connectivity index (χ3n) is 3.81. The molecule has 0 saturated heterocycles. The van der Waals surface area contributed by atoms with Gasteiger partial charge in [-0.15, -0.1) is 0 Å². The van der Waals surface area contributed by atoms with Gasteiger partial charge in [0.15, 0.2) is 11.5 Å². The Hall–Kier alpha value is -2.69. The Morgan fingerprint density at radius 1 is 0.955 bits per heavy atom. The van der Waals surface area contributed by atoms with Crippen molar-refractivity contribution in [2.45, 2.75) is 6.04 Å². The summed E-state index contributed by atoms with van der Waals surface area (Å²) in [7, 11) is 4.71. The second kappa shape index (κ2) is 5.60. The van der Waals surface area contributed by atoms with Crippen molar-refractivity contribution >= 4 is 5.91 Å². The summed E-state index contributed by atoms with van der Waals surface area (Å²) in [5.74, 6) is 1.59. The first kappa shape index (κ1) is 14.3. The zero-order valence-electron chi connectivity index (χ0n) is 12.7. The molecule has 0 fully saturated rings. The van der Waals surface area contributed by atoms with Crippen molar-refractivity contribution in [3.63, 3.8) is 0 Å². The highest BCUT2D eigenvalue weighted by Crippen LogP contribution is 2.42. The second-order valence-electron chi connectivity index (χ2n) is 4.95. The Morgan fingerprint density at radius 3 is 2.18 bits per heavy atom. The standard InChI is InChI=1S/C17H17NO4/c1-20-13-8-10(9-14(21-2)16(13)22-3)15-11-6-4-5-7-12(11)17(19)18-15/h4-9,15H,1-3H3,(H,18,19)/t15-/m1/s1. The number of methoxy groups -OCH3 is 3. The van der Waals surface area contributed by atoms with Crippen LogP contribution in [-0.2, 0) is 0 Å². The molecule has 0 unspecified atom stereocenters. The summed E-state index contributed by atoms with van der Waals surface area (Å²) in [4.78, 5) is 12.1. The molecular formula is C17H17NO4. The smallest absolute Gasteiger partial charge is 0.252 e. The van der Waals surface area contributed by atoms with Crippen molar-refractivity contribution in [3.8, 4) is 17.2 Å². The average Bonchev–Trinajstić information content (AvgIpc) is 2.90. The molecule has 5 nitrogen and oxygen atoms in total. The average molecular weight is 299 g/mol.